The number of piperazine rings is 1. The number of halogens is 1. The van der Waals surface area contributed by atoms with Crippen LogP contribution in [0.3, 0.4) is 0 Å². The van der Waals surface area contributed by atoms with Gasteiger partial charge in [-0.05, 0) is 36.2 Å². The number of carbonyl (C=O) groups excluding carboxylic acids is 1. The first-order valence-electron chi connectivity index (χ1n) is 10.9. The second-order valence-corrected chi connectivity index (χ2v) is 8.01. The molecule has 7 nitrogen and oxygen atoms in total. The van der Waals surface area contributed by atoms with Crippen LogP contribution in [-0.2, 0) is 13.0 Å². The molecule has 2 aliphatic heterocycles. The molecule has 0 spiro atoms. The Morgan fingerprint density at radius 2 is 1.88 bits per heavy atom. The molecule has 4 heterocycles. The van der Waals surface area contributed by atoms with Crippen LogP contribution in [0.15, 0.2) is 54.9 Å². The number of nitrogens with zero attached hydrogens (tertiary/aromatic N) is 4. The second-order valence-electron chi connectivity index (χ2n) is 8.01. The summed E-state index contributed by atoms with van der Waals surface area (Å²) in [7, 11) is 0. The number of anilines is 3. The number of hydrogen-bond acceptors (Lipinski definition) is 6. The molecule has 1 fully saturated rings. The fraction of sp³-hybridized carbons (Fsp3) is 0.292. The standard InChI is InChI=1S/C24H25FN6O/c25-19-4-1-3-17-8-12-31(16-18(17)19)23-6-2-5-20(28-23)24(32)29-21-15-27-9-7-22(21)30-13-10-26-11-14-30/h1-7,9,15,26H,8,10-14,16H2,(H,29,32). The van der Waals surface area contributed by atoms with Gasteiger partial charge in [0.05, 0.1) is 17.6 Å². The van der Waals surface area contributed by atoms with Crippen molar-refractivity contribution >= 4 is 23.1 Å². The number of benzene rings is 1. The van der Waals surface area contributed by atoms with Crippen molar-refractivity contribution in [1.82, 2.24) is 15.3 Å². The summed E-state index contributed by atoms with van der Waals surface area (Å²) in [5.74, 6) is 0.179. The molecule has 5 rings (SSSR count). The van der Waals surface area contributed by atoms with Crippen LogP contribution in [-0.4, -0.2) is 48.6 Å². The van der Waals surface area contributed by atoms with Crippen molar-refractivity contribution in [2.75, 3.05) is 47.8 Å². The van der Waals surface area contributed by atoms with Gasteiger partial charge in [-0.2, -0.15) is 0 Å². The SMILES string of the molecule is O=C(Nc1cnccc1N1CCNCC1)c1cccc(N2CCc3cccc(F)c3C2)n1. The number of carbonyl (C=O) groups is 1. The largest absolute Gasteiger partial charge is 0.367 e. The Labute approximate surface area is 186 Å². The van der Waals surface area contributed by atoms with Gasteiger partial charge in [-0.25, -0.2) is 9.37 Å². The molecule has 1 aromatic carbocycles. The molecule has 32 heavy (non-hydrogen) atoms. The highest BCUT2D eigenvalue weighted by Crippen LogP contribution is 2.27. The summed E-state index contributed by atoms with van der Waals surface area (Å²) in [5.41, 5.74) is 3.67. The number of amides is 1. The van der Waals surface area contributed by atoms with Crippen LogP contribution in [0.2, 0.25) is 0 Å². The summed E-state index contributed by atoms with van der Waals surface area (Å²) in [6, 6.07) is 12.5. The van der Waals surface area contributed by atoms with Gasteiger partial charge < -0.3 is 20.4 Å². The topological polar surface area (TPSA) is 73.4 Å². The van der Waals surface area contributed by atoms with Crippen molar-refractivity contribution in [3.63, 3.8) is 0 Å². The van der Waals surface area contributed by atoms with E-state index in [-0.39, 0.29) is 11.7 Å². The predicted octanol–water partition coefficient (Wildman–Crippen LogP) is 2.84. The molecule has 0 unspecified atom stereocenters. The van der Waals surface area contributed by atoms with Crippen LogP contribution in [0.4, 0.5) is 21.6 Å². The highest BCUT2D eigenvalue weighted by atomic mass is 19.1. The monoisotopic (exact) mass is 432 g/mol. The van der Waals surface area contributed by atoms with E-state index < -0.39 is 0 Å². The van der Waals surface area contributed by atoms with Crippen LogP contribution < -0.4 is 20.4 Å². The Kier molecular flexibility index (Phi) is 5.68. The van der Waals surface area contributed by atoms with Crippen molar-refractivity contribution in [2.24, 2.45) is 0 Å². The molecule has 0 bridgehead atoms. The molecule has 2 aromatic heterocycles. The van der Waals surface area contributed by atoms with Crippen LogP contribution >= 0.6 is 0 Å². The predicted molar refractivity (Wildman–Crippen MR) is 123 cm³/mol. The zero-order valence-corrected chi connectivity index (χ0v) is 17.7. The first-order valence-corrected chi connectivity index (χ1v) is 10.9. The number of rotatable bonds is 4. The van der Waals surface area contributed by atoms with Gasteiger partial charge in [0, 0.05) is 51.0 Å². The minimum atomic E-state index is -0.292. The molecule has 3 aromatic rings. The quantitative estimate of drug-likeness (QED) is 0.661. The lowest BCUT2D eigenvalue weighted by atomic mass is 9.99. The minimum absolute atomic E-state index is 0.196. The van der Waals surface area contributed by atoms with E-state index in [1.165, 1.54) is 6.07 Å². The van der Waals surface area contributed by atoms with Gasteiger partial charge in [0.2, 0.25) is 0 Å². The molecule has 8 heteroatoms. The minimum Gasteiger partial charge on any atom is -0.367 e. The normalized spacial score (nSPS) is 15.9. The number of nitrogens with one attached hydrogen (secondary N) is 2. The summed E-state index contributed by atoms with van der Waals surface area (Å²) in [4.78, 5) is 26.0. The van der Waals surface area contributed by atoms with Gasteiger partial charge in [-0.1, -0.05) is 18.2 Å². The van der Waals surface area contributed by atoms with Gasteiger partial charge in [-0.3, -0.25) is 9.78 Å². The van der Waals surface area contributed by atoms with Crippen LogP contribution in [0.1, 0.15) is 21.6 Å². The molecule has 0 aliphatic carbocycles. The first kappa shape index (κ1) is 20.4. The Hall–Kier alpha value is -3.52. The summed E-state index contributed by atoms with van der Waals surface area (Å²) in [6.45, 7) is 4.71. The number of fused-ring (bicyclic) bond motifs is 1. The maximum Gasteiger partial charge on any atom is 0.274 e. The van der Waals surface area contributed by atoms with E-state index in [0.717, 1.165) is 50.4 Å². The van der Waals surface area contributed by atoms with E-state index in [2.05, 4.69) is 25.5 Å². The summed E-state index contributed by atoms with van der Waals surface area (Å²) in [6.07, 6.45) is 4.15. The lowest BCUT2D eigenvalue weighted by molar-refractivity contribution is 0.102. The highest BCUT2D eigenvalue weighted by molar-refractivity contribution is 6.04. The number of pyridine rings is 2. The van der Waals surface area contributed by atoms with E-state index in [1.54, 1.807) is 24.5 Å². The summed E-state index contributed by atoms with van der Waals surface area (Å²) in [5, 5.41) is 6.31. The molecular formula is C24H25FN6O. The van der Waals surface area contributed by atoms with Crippen molar-refractivity contribution in [3.05, 3.63) is 77.5 Å². The van der Waals surface area contributed by atoms with Gasteiger partial charge in [0.1, 0.15) is 17.3 Å². The average Bonchev–Trinajstić information content (AvgIpc) is 2.85. The summed E-state index contributed by atoms with van der Waals surface area (Å²) < 4.78 is 14.3. The van der Waals surface area contributed by atoms with E-state index in [4.69, 9.17) is 0 Å². The van der Waals surface area contributed by atoms with Crippen LogP contribution in [0, 0.1) is 5.82 Å². The Bertz CT molecular complexity index is 1130. The lowest BCUT2D eigenvalue weighted by Crippen LogP contribution is -2.43. The molecule has 1 amide bonds. The van der Waals surface area contributed by atoms with Gasteiger partial charge in [0.15, 0.2) is 0 Å². The maximum atomic E-state index is 14.3. The Balaban J connectivity index is 1.34. The molecule has 2 aliphatic rings. The second kappa shape index (κ2) is 8.92. The Morgan fingerprint density at radius 3 is 2.75 bits per heavy atom. The van der Waals surface area contributed by atoms with E-state index >= 15 is 0 Å². The fourth-order valence-corrected chi connectivity index (χ4v) is 4.31. The molecular weight excluding hydrogens is 407 g/mol. The number of aromatic nitrogens is 2. The molecule has 0 atom stereocenters. The zero-order chi connectivity index (χ0) is 21.9. The van der Waals surface area contributed by atoms with Crippen LogP contribution in [0.25, 0.3) is 0 Å². The smallest absolute Gasteiger partial charge is 0.274 e. The van der Waals surface area contributed by atoms with E-state index in [9.17, 15) is 9.18 Å². The fourth-order valence-electron chi connectivity index (χ4n) is 4.31. The van der Waals surface area contributed by atoms with Gasteiger partial charge in [0.25, 0.3) is 5.91 Å². The third-order valence-corrected chi connectivity index (χ3v) is 6.01. The maximum absolute atomic E-state index is 14.3. The number of hydrogen-bond donors (Lipinski definition) is 2. The van der Waals surface area contributed by atoms with Crippen molar-refractivity contribution in [1.29, 1.82) is 0 Å². The third kappa shape index (κ3) is 4.13. The van der Waals surface area contributed by atoms with Crippen molar-refractivity contribution in [2.45, 2.75) is 13.0 Å². The first-order chi connectivity index (χ1) is 15.7. The summed E-state index contributed by atoms with van der Waals surface area (Å²) >= 11 is 0. The average molecular weight is 433 g/mol. The molecule has 2 N–H and O–H groups in total. The van der Waals surface area contributed by atoms with E-state index in [1.807, 2.05) is 29.2 Å². The van der Waals surface area contributed by atoms with E-state index in [0.29, 0.717) is 29.3 Å². The zero-order valence-electron chi connectivity index (χ0n) is 17.7. The molecule has 0 radical (unpaired) electrons. The third-order valence-electron chi connectivity index (χ3n) is 6.01. The molecule has 164 valence electrons. The van der Waals surface area contributed by atoms with Crippen LogP contribution in [0.5, 0.6) is 0 Å². The molecule has 1 saturated heterocycles. The Morgan fingerprint density at radius 1 is 1.03 bits per heavy atom. The lowest BCUT2D eigenvalue weighted by Gasteiger charge is -2.31. The van der Waals surface area contributed by atoms with Gasteiger partial charge >= 0.3 is 0 Å². The van der Waals surface area contributed by atoms with Crippen molar-refractivity contribution < 1.29 is 9.18 Å². The van der Waals surface area contributed by atoms with Crippen molar-refractivity contribution in [3.8, 4) is 0 Å². The molecule has 0 saturated carbocycles. The highest BCUT2D eigenvalue weighted by Gasteiger charge is 2.22. The van der Waals surface area contributed by atoms with Gasteiger partial charge in [-0.15, -0.1) is 0 Å².